The topological polar surface area (TPSA) is 32.3 Å². The van der Waals surface area contributed by atoms with E-state index in [-0.39, 0.29) is 6.61 Å². The second kappa shape index (κ2) is 14.3. The molecule has 20 heavy (non-hydrogen) atoms. The Bertz CT molecular complexity index is 199. The van der Waals surface area contributed by atoms with Crippen LogP contribution in [0.3, 0.4) is 0 Å². The van der Waals surface area contributed by atoms with Gasteiger partial charge in [0.25, 0.3) is 0 Å². The smallest absolute Gasteiger partial charge is 0.0445 e. The first-order valence-corrected chi connectivity index (χ1v) is 9.52. The molecular weight excluding hydrogens is 314 g/mol. The number of rotatable bonds is 5. The SMILES string of the molecule is CC.CC.CCC1CCC(Br)C(C)C1NC(C)CCO. The van der Waals surface area contributed by atoms with E-state index in [2.05, 4.69) is 42.0 Å². The average molecular weight is 352 g/mol. The normalized spacial score (nSPS) is 30.4. The Morgan fingerprint density at radius 2 is 1.75 bits per heavy atom. The Kier molecular flexibility index (Phi) is 16.3. The molecule has 5 atom stereocenters. The van der Waals surface area contributed by atoms with Crippen LogP contribution in [-0.4, -0.2) is 28.6 Å². The Morgan fingerprint density at radius 3 is 2.20 bits per heavy atom. The van der Waals surface area contributed by atoms with Crippen LogP contribution in [0.5, 0.6) is 0 Å². The number of nitrogens with one attached hydrogen (secondary N) is 1. The summed E-state index contributed by atoms with van der Waals surface area (Å²) in [7, 11) is 0. The Balaban J connectivity index is 0. The van der Waals surface area contributed by atoms with Crippen molar-refractivity contribution in [2.24, 2.45) is 11.8 Å². The van der Waals surface area contributed by atoms with Gasteiger partial charge >= 0.3 is 0 Å². The monoisotopic (exact) mass is 351 g/mol. The van der Waals surface area contributed by atoms with Crippen molar-refractivity contribution >= 4 is 15.9 Å². The summed E-state index contributed by atoms with van der Waals surface area (Å²) >= 11 is 3.79. The van der Waals surface area contributed by atoms with Crippen LogP contribution < -0.4 is 5.32 Å². The summed E-state index contributed by atoms with van der Waals surface area (Å²) in [4.78, 5) is 0.647. The van der Waals surface area contributed by atoms with E-state index < -0.39 is 0 Å². The van der Waals surface area contributed by atoms with Crippen molar-refractivity contribution in [3.05, 3.63) is 0 Å². The average Bonchev–Trinajstić information content (AvgIpc) is 2.49. The van der Waals surface area contributed by atoms with E-state index in [0.29, 0.717) is 22.8 Å². The highest BCUT2D eigenvalue weighted by Crippen LogP contribution is 2.35. The van der Waals surface area contributed by atoms with E-state index in [1.54, 1.807) is 0 Å². The van der Waals surface area contributed by atoms with Gasteiger partial charge in [0.05, 0.1) is 0 Å². The number of halogens is 1. The fraction of sp³-hybridized carbons (Fsp3) is 1.00. The summed E-state index contributed by atoms with van der Waals surface area (Å²) in [5.41, 5.74) is 0. The van der Waals surface area contributed by atoms with E-state index in [1.807, 2.05) is 27.7 Å². The summed E-state index contributed by atoms with van der Waals surface area (Å²) in [5.74, 6) is 1.48. The van der Waals surface area contributed by atoms with Crippen molar-refractivity contribution in [1.82, 2.24) is 5.32 Å². The van der Waals surface area contributed by atoms with E-state index in [1.165, 1.54) is 19.3 Å². The molecule has 0 amide bonds. The first-order valence-electron chi connectivity index (χ1n) is 8.61. The predicted octanol–water partition coefficient (Wildman–Crippen LogP) is 4.99. The van der Waals surface area contributed by atoms with Gasteiger partial charge in [-0.1, -0.05) is 63.9 Å². The largest absolute Gasteiger partial charge is 0.396 e. The van der Waals surface area contributed by atoms with Gasteiger partial charge < -0.3 is 10.4 Å². The molecule has 1 aliphatic carbocycles. The van der Waals surface area contributed by atoms with Crippen LogP contribution >= 0.6 is 15.9 Å². The molecule has 0 aromatic carbocycles. The van der Waals surface area contributed by atoms with Crippen LogP contribution in [0.4, 0.5) is 0 Å². The van der Waals surface area contributed by atoms with Crippen molar-refractivity contribution in [1.29, 1.82) is 0 Å². The molecule has 1 saturated carbocycles. The molecule has 0 aromatic heterocycles. The van der Waals surface area contributed by atoms with E-state index in [0.717, 1.165) is 12.3 Å². The molecule has 1 fully saturated rings. The molecule has 0 aliphatic heterocycles. The van der Waals surface area contributed by atoms with Gasteiger partial charge in [-0.3, -0.25) is 0 Å². The third kappa shape index (κ3) is 7.99. The summed E-state index contributed by atoms with van der Waals surface area (Å²) in [5, 5.41) is 12.7. The fourth-order valence-electron chi connectivity index (χ4n) is 2.82. The molecule has 3 heteroatoms. The summed E-state index contributed by atoms with van der Waals surface area (Å²) in [6, 6.07) is 1.02. The number of alkyl halides is 1. The van der Waals surface area contributed by atoms with E-state index in [9.17, 15) is 0 Å². The Hall–Kier alpha value is 0.400. The lowest BCUT2D eigenvalue weighted by molar-refractivity contribution is 0.175. The zero-order chi connectivity index (χ0) is 16.1. The number of hydrogen-bond acceptors (Lipinski definition) is 2. The van der Waals surface area contributed by atoms with Gasteiger partial charge in [-0.2, -0.15) is 0 Å². The van der Waals surface area contributed by atoms with Crippen LogP contribution in [-0.2, 0) is 0 Å². The molecule has 0 heterocycles. The first-order chi connectivity index (χ1) is 9.60. The first kappa shape index (κ1) is 22.7. The van der Waals surface area contributed by atoms with Gasteiger partial charge in [0.1, 0.15) is 0 Å². The Labute approximate surface area is 136 Å². The molecule has 1 rings (SSSR count). The maximum atomic E-state index is 8.96. The van der Waals surface area contributed by atoms with E-state index in [4.69, 9.17) is 5.11 Å². The quantitative estimate of drug-likeness (QED) is 0.684. The zero-order valence-corrected chi connectivity index (χ0v) is 16.3. The van der Waals surface area contributed by atoms with Crippen LogP contribution in [0.1, 0.15) is 74.1 Å². The highest BCUT2D eigenvalue weighted by molar-refractivity contribution is 9.09. The summed E-state index contributed by atoms with van der Waals surface area (Å²) in [6.07, 6.45) is 4.73. The molecular formula is C17H38BrNO. The van der Waals surface area contributed by atoms with Gasteiger partial charge in [0, 0.05) is 23.5 Å². The van der Waals surface area contributed by atoms with Crippen LogP contribution in [0.15, 0.2) is 0 Å². The van der Waals surface area contributed by atoms with Crippen LogP contribution in [0.2, 0.25) is 0 Å². The van der Waals surface area contributed by atoms with Crippen LogP contribution in [0.25, 0.3) is 0 Å². The van der Waals surface area contributed by atoms with Crippen molar-refractivity contribution in [3.8, 4) is 0 Å². The highest BCUT2D eigenvalue weighted by Gasteiger charge is 2.34. The second-order valence-corrected chi connectivity index (χ2v) is 6.40. The number of aliphatic hydroxyl groups is 1. The van der Waals surface area contributed by atoms with Crippen molar-refractivity contribution < 1.29 is 5.11 Å². The molecule has 0 spiro atoms. The molecule has 5 unspecified atom stereocenters. The maximum absolute atomic E-state index is 8.96. The lowest BCUT2D eigenvalue weighted by Crippen LogP contribution is -2.50. The minimum atomic E-state index is 0.282. The lowest BCUT2D eigenvalue weighted by atomic mass is 9.76. The Morgan fingerprint density at radius 1 is 1.20 bits per heavy atom. The van der Waals surface area contributed by atoms with Crippen LogP contribution in [0, 0.1) is 11.8 Å². The second-order valence-electron chi connectivity index (χ2n) is 5.23. The van der Waals surface area contributed by atoms with Crippen molar-refractivity contribution in [2.45, 2.75) is 91.1 Å². The van der Waals surface area contributed by atoms with Gasteiger partial charge in [-0.15, -0.1) is 0 Å². The molecule has 0 bridgehead atoms. The lowest BCUT2D eigenvalue weighted by Gasteiger charge is -2.41. The summed E-state index contributed by atoms with van der Waals surface area (Å²) < 4.78 is 0. The molecule has 2 nitrogen and oxygen atoms in total. The van der Waals surface area contributed by atoms with Gasteiger partial charge in [-0.05, 0) is 38.0 Å². The number of aliphatic hydroxyl groups excluding tert-OH is 1. The van der Waals surface area contributed by atoms with Gasteiger partial charge in [-0.25, -0.2) is 0 Å². The molecule has 0 radical (unpaired) electrons. The molecule has 2 N–H and O–H groups in total. The highest BCUT2D eigenvalue weighted by atomic mass is 79.9. The molecule has 0 aromatic rings. The number of hydrogen-bond donors (Lipinski definition) is 2. The van der Waals surface area contributed by atoms with Gasteiger partial charge in [0.2, 0.25) is 0 Å². The predicted molar refractivity (Wildman–Crippen MR) is 95.7 cm³/mol. The molecule has 1 aliphatic rings. The standard InChI is InChI=1S/C13H26BrNO.2C2H6/c1-4-11-5-6-12(14)10(3)13(11)15-9(2)7-8-16;2*1-2/h9-13,15-16H,4-8H2,1-3H3;2*1-2H3. The minimum Gasteiger partial charge on any atom is -0.396 e. The van der Waals surface area contributed by atoms with Crippen molar-refractivity contribution in [2.75, 3.05) is 6.61 Å². The zero-order valence-electron chi connectivity index (χ0n) is 14.7. The third-order valence-corrected chi connectivity index (χ3v) is 5.31. The molecule has 124 valence electrons. The summed E-state index contributed by atoms with van der Waals surface area (Å²) in [6.45, 7) is 15.1. The fourth-order valence-corrected chi connectivity index (χ4v) is 3.41. The van der Waals surface area contributed by atoms with E-state index >= 15 is 0 Å². The maximum Gasteiger partial charge on any atom is 0.0445 e. The van der Waals surface area contributed by atoms with Gasteiger partial charge in [0.15, 0.2) is 0 Å². The molecule has 0 saturated heterocycles. The van der Waals surface area contributed by atoms with Crippen molar-refractivity contribution in [3.63, 3.8) is 0 Å². The minimum absolute atomic E-state index is 0.282. The third-order valence-electron chi connectivity index (χ3n) is 4.02.